The van der Waals surface area contributed by atoms with E-state index in [0.29, 0.717) is 6.54 Å². The number of aromatic amines is 2. The molecule has 2 aromatic heterocycles. The summed E-state index contributed by atoms with van der Waals surface area (Å²) in [5.74, 6) is 0. The van der Waals surface area contributed by atoms with Crippen molar-refractivity contribution in [2.24, 2.45) is 4.99 Å². The Morgan fingerprint density at radius 1 is 0.455 bits per heavy atom. The van der Waals surface area contributed by atoms with Crippen LogP contribution in [0.15, 0.2) is 163 Å². The number of fused-ring (bicyclic) bond motifs is 4. The maximum Gasteiger partial charge on any atom is 0.0480 e. The molecule has 0 amide bonds. The lowest BCUT2D eigenvalue weighted by molar-refractivity contribution is 0.988. The van der Waals surface area contributed by atoms with E-state index in [9.17, 15) is 0 Å². The van der Waals surface area contributed by atoms with E-state index in [0.717, 1.165) is 61.1 Å². The van der Waals surface area contributed by atoms with Crippen LogP contribution in [0.3, 0.4) is 0 Å². The smallest absolute Gasteiger partial charge is 0.0480 e. The van der Waals surface area contributed by atoms with E-state index in [1.54, 1.807) is 0 Å². The summed E-state index contributed by atoms with van der Waals surface area (Å²) in [5, 5.41) is 5.73. The van der Waals surface area contributed by atoms with Crippen LogP contribution in [0.25, 0.3) is 22.3 Å². The van der Waals surface area contributed by atoms with Crippen LogP contribution in [0.1, 0.15) is 33.6 Å². The fourth-order valence-corrected chi connectivity index (χ4v) is 5.64. The second kappa shape index (κ2) is 12.6. The lowest BCUT2D eigenvalue weighted by atomic mass is 10.0. The Balaban J connectivity index is 1.48. The first kappa shape index (κ1) is 27.0. The molecule has 0 unspecified atom stereocenters. The van der Waals surface area contributed by atoms with Crippen LogP contribution in [0.5, 0.6) is 0 Å². The first-order valence-electron chi connectivity index (χ1n) is 14.8. The van der Waals surface area contributed by atoms with Gasteiger partial charge in [-0.05, 0) is 46.5 Å². The number of hydrogen-bond acceptors (Lipinski definition) is 2. The highest BCUT2D eigenvalue weighted by atomic mass is 14.8. The number of nitrogens with one attached hydrogen (secondary N) is 3. The average molecular weight is 569 g/mol. The fraction of sp³-hybridized carbons (Fsp3) is 0.0250. The molecule has 6 aromatic rings. The molecule has 1 aliphatic rings. The topological polar surface area (TPSA) is 56.0 Å². The molecule has 0 fully saturated rings. The summed E-state index contributed by atoms with van der Waals surface area (Å²) in [7, 11) is 0. The van der Waals surface area contributed by atoms with Gasteiger partial charge in [-0.3, -0.25) is 4.99 Å². The Morgan fingerprint density at radius 3 is 1.61 bits per heavy atom. The van der Waals surface area contributed by atoms with Crippen molar-refractivity contribution in [3.05, 3.63) is 202 Å². The predicted octanol–water partition coefficient (Wildman–Crippen LogP) is 6.89. The Hall–Kier alpha value is -5.87. The summed E-state index contributed by atoms with van der Waals surface area (Å²) in [5.41, 5.74) is 10.8. The Bertz CT molecular complexity index is 2080. The molecule has 0 saturated heterocycles. The third kappa shape index (κ3) is 5.74. The molecule has 4 heteroatoms. The first-order chi connectivity index (χ1) is 21.8. The maximum atomic E-state index is 4.94. The molecule has 212 valence electrons. The molecule has 0 radical (unpaired) electrons. The van der Waals surface area contributed by atoms with Crippen molar-refractivity contribution in [2.45, 2.75) is 0 Å². The standard InChI is InChI=1S/C40H32N4/c1-5-13-29(14-6-1)33-25-41-26-34(30-15-7-2-8-16-30)39-23-24-40(44-39)36(32-19-11-4-12-20-32)28-42-27-35(31-17-9-3-10-18-31)38-22-21-37(33)43-38/h1-27,42-44H,28H2/b33-25-,35-27-,39-34+,40-36+,41-26+. The molecule has 4 bridgehead atoms. The molecule has 0 aliphatic carbocycles. The Labute approximate surface area is 257 Å². The zero-order chi connectivity index (χ0) is 29.6. The summed E-state index contributed by atoms with van der Waals surface area (Å²) >= 11 is 0. The van der Waals surface area contributed by atoms with E-state index in [-0.39, 0.29) is 0 Å². The average Bonchev–Trinajstić information content (AvgIpc) is 3.77. The number of aliphatic imine (C=N–C) groups is 1. The minimum Gasteiger partial charge on any atom is -0.386 e. The van der Waals surface area contributed by atoms with E-state index in [2.05, 4.69) is 149 Å². The lowest BCUT2D eigenvalue weighted by Crippen LogP contribution is -2.22. The highest BCUT2D eigenvalue weighted by Crippen LogP contribution is 2.28. The van der Waals surface area contributed by atoms with E-state index in [4.69, 9.17) is 4.99 Å². The molecular weight excluding hydrogens is 536 g/mol. The SMILES string of the molecule is C1=C(/c2ccccc2)c2ccc([nH]2)/C(c2ccccc2)=C\NC/C(c2ccccc2)=c2/cc/c([nH]2)=C(c2ccccc2)/C=N/1. The molecule has 3 N–H and O–H groups in total. The van der Waals surface area contributed by atoms with Gasteiger partial charge in [0, 0.05) is 69.5 Å². The van der Waals surface area contributed by atoms with Crippen LogP contribution in [0.2, 0.25) is 0 Å². The van der Waals surface area contributed by atoms with Gasteiger partial charge in [0.05, 0.1) is 0 Å². The third-order valence-corrected chi connectivity index (χ3v) is 7.88. The van der Waals surface area contributed by atoms with Gasteiger partial charge in [0.25, 0.3) is 0 Å². The van der Waals surface area contributed by atoms with Gasteiger partial charge < -0.3 is 15.3 Å². The number of aromatic nitrogens is 2. The molecule has 3 heterocycles. The largest absolute Gasteiger partial charge is 0.386 e. The van der Waals surface area contributed by atoms with Crippen molar-refractivity contribution >= 4 is 28.5 Å². The molecule has 0 saturated carbocycles. The van der Waals surface area contributed by atoms with Gasteiger partial charge in [0.2, 0.25) is 0 Å². The van der Waals surface area contributed by atoms with Crippen molar-refractivity contribution in [1.29, 1.82) is 0 Å². The monoisotopic (exact) mass is 568 g/mol. The van der Waals surface area contributed by atoms with Crippen LogP contribution in [0, 0.1) is 0 Å². The molecule has 1 aliphatic heterocycles. The van der Waals surface area contributed by atoms with Crippen LogP contribution < -0.4 is 16.0 Å². The Morgan fingerprint density at radius 2 is 0.977 bits per heavy atom. The minimum absolute atomic E-state index is 0.637. The van der Waals surface area contributed by atoms with Crippen molar-refractivity contribution in [3.8, 4) is 0 Å². The zero-order valence-corrected chi connectivity index (χ0v) is 24.2. The quantitative estimate of drug-likeness (QED) is 0.213. The first-order valence-corrected chi connectivity index (χ1v) is 14.8. The van der Waals surface area contributed by atoms with Crippen molar-refractivity contribution in [2.75, 3.05) is 6.54 Å². The van der Waals surface area contributed by atoms with Gasteiger partial charge in [-0.1, -0.05) is 121 Å². The molecule has 4 nitrogen and oxygen atoms in total. The summed E-state index contributed by atoms with van der Waals surface area (Å²) in [6, 6.07) is 50.4. The van der Waals surface area contributed by atoms with Crippen molar-refractivity contribution in [1.82, 2.24) is 15.3 Å². The third-order valence-electron chi connectivity index (χ3n) is 7.88. The van der Waals surface area contributed by atoms with E-state index >= 15 is 0 Å². The highest BCUT2D eigenvalue weighted by Gasteiger charge is 2.13. The summed E-state index contributed by atoms with van der Waals surface area (Å²) in [6.07, 6.45) is 6.03. The number of benzene rings is 4. The number of rotatable bonds is 4. The van der Waals surface area contributed by atoms with Gasteiger partial charge in [-0.15, -0.1) is 0 Å². The van der Waals surface area contributed by atoms with Crippen LogP contribution in [-0.4, -0.2) is 22.7 Å². The van der Waals surface area contributed by atoms with Crippen molar-refractivity contribution < 1.29 is 0 Å². The van der Waals surface area contributed by atoms with E-state index in [1.807, 2.05) is 30.6 Å². The van der Waals surface area contributed by atoms with Gasteiger partial charge >= 0.3 is 0 Å². The molecule has 0 atom stereocenters. The predicted molar refractivity (Wildman–Crippen MR) is 182 cm³/mol. The summed E-state index contributed by atoms with van der Waals surface area (Å²) in [4.78, 5) is 12.4. The fourth-order valence-electron chi connectivity index (χ4n) is 5.64. The van der Waals surface area contributed by atoms with Gasteiger partial charge in [-0.25, -0.2) is 0 Å². The zero-order valence-electron chi connectivity index (χ0n) is 24.2. The second-order valence-electron chi connectivity index (χ2n) is 10.7. The highest BCUT2D eigenvalue weighted by molar-refractivity contribution is 6.09. The molecule has 7 rings (SSSR count). The van der Waals surface area contributed by atoms with Crippen LogP contribution in [-0.2, 0) is 0 Å². The number of H-pyrrole nitrogens is 2. The summed E-state index contributed by atoms with van der Waals surface area (Å²) in [6.45, 7) is 0.637. The molecular formula is C40H32N4. The van der Waals surface area contributed by atoms with E-state index in [1.165, 1.54) is 5.57 Å². The lowest BCUT2D eigenvalue weighted by Gasteiger charge is -2.11. The molecule has 0 spiro atoms. The van der Waals surface area contributed by atoms with Gasteiger partial charge in [0.15, 0.2) is 0 Å². The van der Waals surface area contributed by atoms with Crippen LogP contribution in [0.4, 0.5) is 0 Å². The Kier molecular flexibility index (Phi) is 7.70. The van der Waals surface area contributed by atoms with Crippen molar-refractivity contribution in [3.63, 3.8) is 0 Å². The van der Waals surface area contributed by atoms with Gasteiger partial charge in [0.1, 0.15) is 0 Å². The molecule has 44 heavy (non-hydrogen) atoms. The maximum absolute atomic E-state index is 4.94. The van der Waals surface area contributed by atoms with Gasteiger partial charge in [-0.2, -0.15) is 0 Å². The molecule has 4 aromatic carbocycles. The van der Waals surface area contributed by atoms with E-state index < -0.39 is 0 Å². The second-order valence-corrected chi connectivity index (χ2v) is 10.7. The van der Waals surface area contributed by atoms with Crippen LogP contribution >= 0.6 is 0 Å². The normalized spacial score (nSPS) is 19.2. The summed E-state index contributed by atoms with van der Waals surface area (Å²) < 4.78 is 0. The minimum atomic E-state index is 0.637. The number of hydrogen-bond donors (Lipinski definition) is 3. The number of nitrogens with zero attached hydrogens (tertiary/aromatic N) is 1.